The molecule has 0 bridgehead atoms. The van der Waals surface area contributed by atoms with E-state index in [-0.39, 0.29) is 81.8 Å². The van der Waals surface area contributed by atoms with Crippen molar-refractivity contribution in [3.05, 3.63) is 42.0 Å². The molecular weight excluding hydrogens is 1270 g/mol. The van der Waals surface area contributed by atoms with Gasteiger partial charge >= 0.3 is 5.97 Å². The summed E-state index contributed by atoms with van der Waals surface area (Å²) in [5.41, 5.74) is 18.7. The van der Waals surface area contributed by atoms with E-state index in [0.29, 0.717) is 24.8 Å². The lowest BCUT2D eigenvalue weighted by molar-refractivity contribution is -0.142. The predicted octanol–water partition coefficient (Wildman–Crippen LogP) is -0.894. The number of hydrogen-bond donors (Lipinski definition) is 17. The number of hydrogen-bond acceptors (Lipinski definition) is 19. The Morgan fingerprint density at radius 2 is 1.24 bits per heavy atom. The second-order valence-electron chi connectivity index (χ2n) is 27.1. The number of amides is 11. The first kappa shape index (κ1) is 85.7. The molecule has 0 saturated heterocycles. The van der Waals surface area contributed by atoms with E-state index >= 15 is 0 Å². The van der Waals surface area contributed by atoms with Crippen molar-refractivity contribution in [3.8, 4) is 5.75 Å². The minimum atomic E-state index is -2.00. The first-order valence-corrected chi connectivity index (χ1v) is 33.6. The molecule has 2 rings (SSSR count). The maximum absolute atomic E-state index is 14.9. The summed E-state index contributed by atoms with van der Waals surface area (Å²) in [6.07, 6.45) is 0.0697. The highest BCUT2D eigenvalue weighted by molar-refractivity contribution is 6.01. The van der Waals surface area contributed by atoms with Crippen LogP contribution in [-0.4, -0.2) is 182 Å². The molecule has 0 aliphatic carbocycles. The van der Waals surface area contributed by atoms with Crippen LogP contribution in [0.5, 0.6) is 5.75 Å². The highest BCUT2D eigenvalue weighted by Gasteiger charge is 2.44. The van der Waals surface area contributed by atoms with Crippen LogP contribution in [-0.2, 0) is 73.5 Å². The zero-order valence-corrected chi connectivity index (χ0v) is 58.3. The number of carbonyl (C=O) groups excluding carboxylic acids is 13. The summed E-state index contributed by atoms with van der Waals surface area (Å²) in [6.45, 7) is 14.8. The molecule has 31 heteroatoms. The number of primary amides is 2. The Kier molecular flexibility index (Phi) is 35.9. The van der Waals surface area contributed by atoms with Crippen LogP contribution in [0.25, 0.3) is 0 Å². The van der Waals surface area contributed by atoms with Crippen LogP contribution in [0, 0.1) is 23.2 Å². The summed E-state index contributed by atoms with van der Waals surface area (Å²) in [7, 11) is 0. The lowest BCUT2D eigenvalue weighted by Gasteiger charge is -2.34. The molecule has 1 heterocycles. The molecule has 550 valence electrons. The average Bonchev–Trinajstić information content (AvgIpc) is 0.852. The third kappa shape index (κ3) is 28.6. The number of Topliss-reactive ketones (excluding diaryl/α,β-unsaturated/α-hetero) is 2. The number of aliphatic hydroxyl groups is 2. The number of carbonyl (C=O) groups is 14. The van der Waals surface area contributed by atoms with Crippen LogP contribution in [0.3, 0.4) is 0 Å². The van der Waals surface area contributed by atoms with Crippen LogP contribution in [0.2, 0.25) is 0 Å². The van der Waals surface area contributed by atoms with Crippen molar-refractivity contribution in [3.63, 3.8) is 0 Å². The van der Waals surface area contributed by atoms with Crippen molar-refractivity contribution in [2.75, 3.05) is 13.2 Å². The van der Waals surface area contributed by atoms with Crippen LogP contribution in [0.1, 0.15) is 184 Å². The summed E-state index contributed by atoms with van der Waals surface area (Å²) >= 11 is 0. The summed E-state index contributed by atoms with van der Waals surface area (Å²) in [6, 6.07) is -6.04. The number of carboxylic acids is 1. The summed E-state index contributed by atoms with van der Waals surface area (Å²) < 4.78 is 0. The Hall–Kier alpha value is -8.42. The molecule has 14 atom stereocenters. The number of nitrogens with one attached hydrogen (secondary N) is 9. The Labute approximate surface area is 573 Å². The molecule has 21 N–H and O–H groups in total. The number of rotatable bonds is 33. The molecule has 1 aliphatic rings. The number of aromatic hydroxyl groups is 1. The molecular formula is C67H109N13O18. The molecule has 0 radical (unpaired) electrons. The lowest BCUT2D eigenvalue weighted by atomic mass is 9.81. The predicted molar refractivity (Wildman–Crippen MR) is 361 cm³/mol. The molecule has 0 fully saturated rings. The number of unbranched alkanes of at least 4 members (excludes halogenated alkanes) is 1. The Balaban J connectivity index is 2.70. The number of carboxylic acid groups (broad SMARTS) is 1. The van der Waals surface area contributed by atoms with E-state index in [1.807, 2.05) is 0 Å². The summed E-state index contributed by atoms with van der Waals surface area (Å²) in [5.74, 6) is -16.3. The first-order valence-electron chi connectivity index (χ1n) is 33.6. The second kappa shape index (κ2) is 41.1. The molecule has 0 aromatic heterocycles. The molecule has 0 saturated carbocycles. The molecule has 1 aliphatic heterocycles. The van der Waals surface area contributed by atoms with E-state index in [2.05, 4.69) is 47.9 Å². The van der Waals surface area contributed by atoms with Gasteiger partial charge in [0.2, 0.25) is 65.0 Å². The largest absolute Gasteiger partial charge is 0.508 e. The van der Waals surface area contributed by atoms with E-state index in [1.165, 1.54) is 26.0 Å². The van der Waals surface area contributed by atoms with E-state index in [9.17, 15) is 87.5 Å². The average molecular weight is 1380 g/mol. The van der Waals surface area contributed by atoms with Crippen molar-refractivity contribution < 1.29 is 87.5 Å². The molecule has 98 heavy (non-hydrogen) atoms. The maximum atomic E-state index is 14.9. The zero-order valence-electron chi connectivity index (χ0n) is 58.3. The smallest absolute Gasteiger partial charge is 0.305 e. The van der Waals surface area contributed by atoms with Gasteiger partial charge in [-0.2, -0.15) is 0 Å². The normalized spacial score (nSPS) is 22.4. The number of ketones is 2. The van der Waals surface area contributed by atoms with Gasteiger partial charge in [0.05, 0.1) is 43.2 Å². The third-order valence-electron chi connectivity index (χ3n) is 17.5. The fourth-order valence-electron chi connectivity index (χ4n) is 10.7. The lowest BCUT2D eigenvalue weighted by Crippen LogP contribution is -2.65. The fraction of sp³-hybridized carbons (Fsp3) is 0.672. The number of phenolic OH excluding ortho intramolecular Hbond substituents is 1. The van der Waals surface area contributed by atoms with Crippen LogP contribution >= 0.6 is 0 Å². The molecule has 0 spiro atoms. The van der Waals surface area contributed by atoms with E-state index < -0.39 is 205 Å². The van der Waals surface area contributed by atoms with Gasteiger partial charge in [0.1, 0.15) is 47.0 Å². The maximum Gasteiger partial charge on any atom is 0.305 e. The minimum Gasteiger partial charge on any atom is -0.508 e. The van der Waals surface area contributed by atoms with E-state index in [4.69, 9.17) is 22.9 Å². The number of allylic oxidation sites excluding steroid dienone is 2. The van der Waals surface area contributed by atoms with Gasteiger partial charge in [0.25, 0.3) is 0 Å². The van der Waals surface area contributed by atoms with Crippen molar-refractivity contribution in [1.29, 1.82) is 0 Å². The van der Waals surface area contributed by atoms with Gasteiger partial charge in [-0.3, -0.25) is 67.1 Å². The van der Waals surface area contributed by atoms with Crippen LogP contribution in [0.4, 0.5) is 0 Å². The highest BCUT2D eigenvalue weighted by atomic mass is 16.4. The monoisotopic (exact) mass is 1380 g/mol. The number of aliphatic carboxylic acids is 1. The van der Waals surface area contributed by atoms with Gasteiger partial charge in [-0.05, 0) is 134 Å². The molecule has 0 unspecified atom stereocenters. The van der Waals surface area contributed by atoms with Crippen molar-refractivity contribution in [1.82, 2.24) is 47.9 Å². The third-order valence-corrected chi connectivity index (χ3v) is 17.5. The number of phenols is 1. The minimum absolute atomic E-state index is 0.00254. The number of nitrogens with two attached hydrogens (primary N) is 4. The van der Waals surface area contributed by atoms with E-state index in [1.54, 1.807) is 72.8 Å². The summed E-state index contributed by atoms with van der Waals surface area (Å²) in [5, 5.41) is 64.6. The van der Waals surface area contributed by atoms with Gasteiger partial charge < -0.3 is 91.2 Å². The van der Waals surface area contributed by atoms with Gasteiger partial charge in [0.15, 0.2) is 11.6 Å². The van der Waals surface area contributed by atoms with Crippen molar-refractivity contribution >= 4 is 82.5 Å². The van der Waals surface area contributed by atoms with Crippen LogP contribution in [0.15, 0.2) is 36.4 Å². The standard InChI is InChI=1S/C67H109N13O18/c1-11-37(3)52(55(89)65(6,7)8)76-58(92)46(27-29-50(71)86)74-59(93)47(35-51(87)88)75-61(95)53(38(4)12-2)77-63(97)66(9)30-18-15-13-14-16-19-31-67(10,80-60(94)45(21-17-20-32-68)73-57(91)43(69)33-40-22-24-42(83)25-23-40)64(98)78-54(39(5)82)62(96)72-44(26-28-49(70)85)48(84)34-41(36-81)56(90)79-66/h13-14,22-25,37-39,41,43-47,52-54,81-83H,11-12,15-21,26-36,68-69H2,1-10H3,(H2,70,85)(H2,71,86)(H,72,96)(H,73,91)(H,74,93)(H,75,95)(H,76,92)(H,77,97)(H,78,98)(H,79,90)(H,80,94)(H,87,88)/b14-13+/t37-,38-,39+,41-,43-,44-,45-,46-,47-,52-,53-,54-,66-,67-/m0/s1. The highest BCUT2D eigenvalue weighted by Crippen LogP contribution is 2.25. The quantitative estimate of drug-likeness (QED) is 0.0300. The SMILES string of the molecule is CC[C@H](C)[C@H](NC(=O)[C@]1(C)CCC/C=C/CCC[C@](C)(NC(=O)[C@H](CCCCN)NC(=O)[C@@H](N)Cc2ccc(O)cc2)C(=O)N[C@@H]([C@@H](C)O)C(=O)N[C@@H](CCC(N)=O)C(=O)C[C@@H](CO)C(=O)N1)C(=O)N[C@@H](CC(=O)O)C(=O)N[C@@H](CCC(N)=O)C(=O)N[C@H](C(=O)C(C)(C)C)[C@@H](C)CC. The number of aliphatic hydroxyl groups excluding tert-OH is 2. The summed E-state index contributed by atoms with van der Waals surface area (Å²) in [4.78, 5) is 193. The molecule has 1 aromatic carbocycles. The Morgan fingerprint density at radius 1 is 0.694 bits per heavy atom. The molecule has 31 nitrogen and oxygen atoms in total. The molecule has 1 aromatic rings. The van der Waals surface area contributed by atoms with Gasteiger partial charge in [-0.1, -0.05) is 85.6 Å². The van der Waals surface area contributed by atoms with Gasteiger partial charge in [-0.25, -0.2) is 0 Å². The first-order chi connectivity index (χ1) is 45.8. The molecule has 11 amide bonds. The van der Waals surface area contributed by atoms with E-state index in [0.717, 1.165) is 6.92 Å². The van der Waals surface area contributed by atoms with Crippen molar-refractivity contribution in [2.24, 2.45) is 46.1 Å². The Bertz CT molecular complexity index is 2960. The topological polar surface area (TPSA) is 532 Å². The fourth-order valence-corrected chi connectivity index (χ4v) is 10.7. The van der Waals surface area contributed by atoms with Crippen LogP contribution < -0.4 is 70.8 Å². The zero-order chi connectivity index (χ0) is 74.4. The second-order valence-corrected chi connectivity index (χ2v) is 27.1. The van der Waals surface area contributed by atoms with Gasteiger partial charge in [0, 0.05) is 24.7 Å². The number of benzene rings is 1. The van der Waals surface area contributed by atoms with Gasteiger partial charge in [-0.15, -0.1) is 0 Å². The Morgan fingerprint density at radius 3 is 1.79 bits per heavy atom. The van der Waals surface area contributed by atoms with Crippen molar-refractivity contribution in [2.45, 2.75) is 250 Å².